The molecule has 0 unspecified atom stereocenters. The minimum absolute atomic E-state index is 0.164. The van der Waals surface area contributed by atoms with Gasteiger partial charge in [-0.2, -0.15) is 0 Å². The number of piperazine rings is 1. The third-order valence-corrected chi connectivity index (χ3v) is 6.08. The third kappa shape index (κ3) is 5.08. The van der Waals surface area contributed by atoms with Crippen LogP contribution >= 0.6 is 15.9 Å². The van der Waals surface area contributed by atoms with E-state index in [1.165, 1.54) is 7.11 Å². The van der Waals surface area contributed by atoms with E-state index in [9.17, 15) is 9.59 Å². The quantitative estimate of drug-likeness (QED) is 0.540. The van der Waals surface area contributed by atoms with Gasteiger partial charge in [0, 0.05) is 53.1 Å². The van der Waals surface area contributed by atoms with E-state index in [1.807, 2.05) is 55.5 Å². The van der Waals surface area contributed by atoms with E-state index in [0.717, 1.165) is 58.6 Å². The summed E-state index contributed by atoms with van der Waals surface area (Å²) in [6.07, 6.45) is 0. The second-order valence-corrected chi connectivity index (χ2v) is 8.73. The molecule has 4 rings (SSSR count). The van der Waals surface area contributed by atoms with Crippen molar-refractivity contribution in [2.75, 3.05) is 50.1 Å². The summed E-state index contributed by atoms with van der Waals surface area (Å²) in [6.45, 7) is 5.49. The van der Waals surface area contributed by atoms with Gasteiger partial charge in [0.25, 0.3) is 5.91 Å². The number of benzene rings is 2. The lowest BCUT2D eigenvalue weighted by molar-refractivity contribution is -0.142. The molecule has 1 N–H and O–H groups in total. The molecule has 8 heteroatoms. The predicted octanol–water partition coefficient (Wildman–Crippen LogP) is 3.85. The minimum Gasteiger partial charge on any atom is -0.468 e. The summed E-state index contributed by atoms with van der Waals surface area (Å²) < 4.78 is 5.65. The van der Waals surface area contributed by atoms with Crippen LogP contribution in [0.3, 0.4) is 0 Å². The molecule has 1 aliphatic rings. The van der Waals surface area contributed by atoms with E-state index in [2.05, 4.69) is 36.0 Å². The van der Waals surface area contributed by atoms with Crippen LogP contribution in [-0.4, -0.2) is 61.6 Å². The number of nitrogens with zero attached hydrogens (tertiary/aromatic N) is 3. The lowest BCUT2D eigenvalue weighted by atomic mass is 10.1. The number of aryl methyl sites for hydroxylation is 1. The Labute approximate surface area is 195 Å². The van der Waals surface area contributed by atoms with Crippen LogP contribution in [0.25, 0.3) is 10.9 Å². The summed E-state index contributed by atoms with van der Waals surface area (Å²) in [4.78, 5) is 33.4. The number of amides is 1. The number of aromatic nitrogens is 1. The number of hydrogen-bond donors (Lipinski definition) is 1. The summed E-state index contributed by atoms with van der Waals surface area (Å²) in [5.74, 6) is -0.370. The first-order chi connectivity index (χ1) is 15.4. The highest BCUT2D eigenvalue weighted by Crippen LogP contribution is 2.25. The fourth-order valence-electron chi connectivity index (χ4n) is 3.88. The van der Waals surface area contributed by atoms with Crippen molar-refractivity contribution in [3.05, 3.63) is 64.3 Å². The summed E-state index contributed by atoms with van der Waals surface area (Å²) in [5.41, 5.74) is 4.02. The molecule has 1 fully saturated rings. The molecule has 1 saturated heterocycles. The van der Waals surface area contributed by atoms with Crippen molar-refractivity contribution in [1.29, 1.82) is 0 Å². The molecule has 0 spiro atoms. The molecular weight excluding hydrogens is 472 g/mol. The van der Waals surface area contributed by atoms with Gasteiger partial charge < -0.3 is 15.0 Å². The topological polar surface area (TPSA) is 74.8 Å². The first kappa shape index (κ1) is 22.2. The van der Waals surface area contributed by atoms with Crippen molar-refractivity contribution in [3.8, 4) is 0 Å². The Morgan fingerprint density at radius 1 is 1.06 bits per heavy atom. The van der Waals surface area contributed by atoms with Crippen molar-refractivity contribution in [2.45, 2.75) is 6.92 Å². The molecule has 0 saturated carbocycles. The number of esters is 1. The molecule has 2 heterocycles. The van der Waals surface area contributed by atoms with E-state index in [0.29, 0.717) is 12.1 Å². The van der Waals surface area contributed by atoms with E-state index in [1.54, 1.807) is 0 Å². The molecule has 0 atom stereocenters. The first-order valence-electron chi connectivity index (χ1n) is 10.5. The van der Waals surface area contributed by atoms with Crippen LogP contribution in [-0.2, 0) is 9.53 Å². The number of fused-ring (bicyclic) bond motifs is 1. The molecule has 1 aliphatic heterocycles. The van der Waals surface area contributed by atoms with Gasteiger partial charge in [0.1, 0.15) is 0 Å². The average Bonchev–Trinajstić information content (AvgIpc) is 2.79. The van der Waals surface area contributed by atoms with Crippen LogP contribution in [0.2, 0.25) is 0 Å². The van der Waals surface area contributed by atoms with Crippen LogP contribution in [0.15, 0.2) is 53.0 Å². The molecule has 166 valence electrons. The summed E-state index contributed by atoms with van der Waals surface area (Å²) >= 11 is 3.48. The monoisotopic (exact) mass is 496 g/mol. The van der Waals surface area contributed by atoms with Crippen molar-refractivity contribution >= 4 is 50.1 Å². The largest absolute Gasteiger partial charge is 0.468 e. The number of pyridine rings is 1. The standard InChI is InChI=1S/C24H25BrN4O3/c1-16-13-21(20-14-17(25)3-8-22(20)26-16)24(31)27-18-4-6-19(7-5-18)29-11-9-28(10-12-29)15-23(30)32-2/h3-8,13-14H,9-12,15H2,1-2H3,(H,27,31). The smallest absolute Gasteiger partial charge is 0.319 e. The van der Waals surface area contributed by atoms with Crippen molar-refractivity contribution < 1.29 is 14.3 Å². The molecule has 3 aromatic rings. The maximum Gasteiger partial charge on any atom is 0.319 e. The zero-order valence-electron chi connectivity index (χ0n) is 18.1. The second kappa shape index (κ2) is 9.67. The van der Waals surface area contributed by atoms with Crippen LogP contribution in [0.5, 0.6) is 0 Å². The molecule has 2 aromatic carbocycles. The number of carbonyl (C=O) groups is 2. The van der Waals surface area contributed by atoms with Crippen LogP contribution in [0.1, 0.15) is 16.1 Å². The zero-order valence-corrected chi connectivity index (χ0v) is 19.7. The van der Waals surface area contributed by atoms with Crippen molar-refractivity contribution in [3.63, 3.8) is 0 Å². The lowest BCUT2D eigenvalue weighted by Gasteiger charge is -2.35. The predicted molar refractivity (Wildman–Crippen MR) is 129 cm³/mol. The van der Waals surface area contributed by atoms with Crippen LogP contribution in [0.4, 0.5) is 11.4 Å². The Morgan fingerprint density at radius 3 is 2.47 bits per heavy atom. The molecule has 0 radical (unpaired) electrons. The Hall–Kier alpha value is -2.97. The fourth-order valence-corrected chi connectivity index (χ4v) is 4.24. The van der Waals surface area contributed by atoms with Gasteiger partial charge in [0.15, 0.2) is 0 Å². The van der Waals surface area contributed by atoms with Gasteiger partial charge in [-0.1, -0.05) is 15.9 Å². The summed E-state index contributed by atoms with van der Waals surface area (Å²) in [7, 11) is 1.41. The van der Waals surface area contributed by atoms with Crippen LogP contribution < -0.4 is 10.2 Å². The number of ether oxygens (including phenoxy) is 1. The van der Waals surface area contributed by atoms with Gasteiger partial charge >= 0.3 is 5.97 Å². The number of hydrogen-bond acceptors (Lipinski definition) is 6. The number of methoxy groups -OCH3 is 1. The van der Waals surface area contributed by atoms with Crippen molar-refractivity contribution in [1.82, 2.24) is 9.88 Å². The van der Waals surface area contributed by atoms with E-state index in [4.69, 9.17) is 4.74 Å². The maximum absolute atomic E-state index is 13.0. The van der Waals surface area contributed by atoms with Gasteiger partial charge in [-0.15, -0.1) is 0 Å². The van der Waals surface area contributed by atoms with Gasteiger partial charge in [-0.25, -0.2) is 0 Å². The number of nitrogens with one attached hydrogen (secondary N) is 1. The van der Waals surface area contributed by atoms with Gasteiger partial charge in [0.05, 0.1) is 24.7 Å². The van der Waals surface area contributed by atoms with E-state index >= 15 is 0 Å². The number of rotatable bonds is 5. The highest BCUT2D eigenvalue weighted by Gasteiger charge is 2.19. The normalized spacial score (nSPS) is 14.4. The molecule has 1 amide bonds. The van der Waals surface area contributed by atoms with Crippen LogP contribution in [0, 0.1) is 6.92 Å². The Kier molecular flexibility index (Phi) is 6.72. The minimum atomic E-state index is -0.205. The highest BCUT2D eigenvalue weighted by molar-refractivity contribution is 9.10. The Morgan fingerprint density at radius 2 is 1.78 bits per heavy atom. The van der Waals surface area contributed by atoms with Crippen molar-refractivity contribution in [2.24, 2.45) is 0 Å². The maximum atomic E-state index is 13.0. The first-order valence-corrected chi connectivity index (χ1v) is 11.2. The van der Waals surface area contributed by atoms with Gasteiger partial charge in [-0.3, -0.25) is 19.5 Å². The van der Waals surface area contributed by atoms with E-state index in [-0.39, 0.29) is 11.9 Å². The third-order valence-electron chi connectivity index (χ3n) is 5.59. The summed E-state index contributed by atoms with van der Waals surface area (Å²) in [6, 6.07) is 15.4. The molecule has 7 nitrogen and oxygen atoms in total. The number of halogens is 1. The molecular formula is C24H25BrN4O3. The molecule has 0 aliphatic carbocycles. The average molecular weight is 497 g/mol. The second-order valence-electron chi connectivity index (χ2n) is 7.81. The SMILES string of the molecule is COC(=O)CN1CCN(c2ccc(NC(=O)c3cc(C)nc4ccc(Br)cc34)cc2)CC1. The number of anilines is 2. The molecule has 1 aromatic heterocycles. The molecule has 32 heavy (non-hydrogen) atoms. The Balaban J connectivity index is 1.43. The summed E-state index contributed by atoms with van der Waals surface area (Å²) in [5, 5.41) is 3.81. The Bertz CT molecular complexity index is 1140. The lowest BCUT2D eigenvalue weighted by Crippen LogP contribution is -2.48. The van der Waals surface area contributed by atoms with E-state index < -0.39 is 0 Å². The number of carbonyl (C=O) groups excluding carboxylic acids is 2. The van der Waals surface area contributed by atoms with Gasteiger partial charge in [-0.05, 0) is 55.5 Å². The highest BCUT2D eigenvalue weighted by atomic mass is 79.9. The fraction of sp³-hybridized carbons (Fsp3) is 0.292. The zero-order chi connectivity index (χ0) is 22.7. The molecule has 0 bridgehead atoms. The van der Waals surface area contributed by atoms with Gasteiger partial charge in [0.2, 0.25) is 0 Å².